The Morgan fingerprint density at radius 3 is 2.39 bits per heavy atom. The SMILES string of the molecule is CC(C)CCC(C)Nc1cccc(C(F)(F)F)n1. The molecule has 1 atom stereocenters. The van der Waals surface area contributed by atoms with Crippen molar-refractivity contribution in [2.24, 2.45) is 5.92 Å². The minimum Gasteiger partial charge on any atom is -0.368 e. The van der Waals surface area contributed by atoms with Crippen molar-refractivity contribution in [3.8, 4) is 0 Å². The lowest BCUT2D eigenvalue weighted by Crippen LogP contribution is -2.18. The number of hydrogen-bond donors (Lipinski definition) is 1. The van der Waals surface area contributed by atoms with Crippen LogP contribution in [0.2, 0.25) is 0 Å². The van der Waals surface area contributed by atoms with Crippen LogP contribution >= 0.6 is 0 Å². The van der Waals surface area contributed by atoms with Crippen molar-refractivity contribution in [3.05, 3.63) is 23.9 Å². The summed E-state index contributed by atoms with van der Waals surface area (Å²) in [6, 6.07) is 4.02. The standard InChI is InChI=1S/C13H19F3N2/c1-9(2)7-8-10(3)17-12-6-4-5-11(18-12)13(14,15)16/h4-6,9-10H,7-8H2,1-3H3,(H,17,18). The van der Waals surface area contributed by atoms with Crippen molar-refractivity contribution in [2.75, 3.05) is 5.32 Å². The van der Waals surface area contributed by atoms with E-state index in [2.05, 4.69) is 24.1 Å². The van der Waals surface area contributed by atoms with E-state index in [9.17, 15) is 13.2 Å². The van der Waals surface area contributed by atoms with Crippen LogP contribution in [0.25, 0.3) is 0 Å². The summed E-state index contributed by atoms with van der Waals surface area (Å²) in [7, 11) is 0. The molecule has 1 heterocycles. The third-order valence-electron chi connectivity index (χ3n) is 2.61. The number of pyridine rings is 1. The number of halogens is 3. The quantitative estimate of drug-likeness (QED) is 0.852. The zero-order valence-corrected chi connectivity index (χ0v) is 10.9. The van der Waals surface area contributed by atoms with Crippen LogP contribution in [0.1, 0.15) is 39.3 Å². The second kappa shape index (κ2) is 6.07. The summed E-state index contributed by atoms with van der Waals surface area (Å²) in [6.07, 6.45) is -2.44. The first-order chi connectivity index (χ1) is 8.29. The predicted octanol–water partition coefficient (Wildman–Crippen LogP) is 4.34. The molecule has 18 heavy (non-hydrogen) atoms. The predicted molar refractivity (Wildman–Crippen MR) is 66.4 cm³/mol. The van der Waals surface area contributed by atoms with Gasteiger partial charge in [-0.15, -0.1) is 0 Å². The van der Waals surface area contributed by atoms with Crippen molar-refractivity contribution < 1.29 is 13.2 Å². The average Bonchev–Trinajstić information content (AvgIpc) is 2.25. The van der Waals surface area contributed by atoms with Crippen LogP contribution in [0, 0.1) is 5.92 Å². The van der Waals surface area contributed by atoms with Crippen LogP contribution in [0.15, 0.2) is 18.2 Å². The molecule has 0 aliphatic heterocycles. The Morgan fingerprint density at radius 2 is 1.83 bits per heavy atom. The fourth-order valence-electron chi connectivity index (χ4n) is 1.58. The fourth-order valence-corrected chi connectivity index (χ4v) is 1.58. The van der Waals surface area contributed by atoms with Crippen LogP contribution in [0.5, 0.6) is 0 Å². The molecule has 1 aromatic rings. The summed E-state index contributed by atoms with van der Waals surface area (Å²) in [5.74, 6) is 0.866. The van der Waals surface area contributed by atoms with Crippen molar-refractivity contribution >= 4 is 5.82 Å². The molecule has 1 unspecified atom stereocenters. The van der Waals surface area contributed by atoms with E-state index in [1.807, 2.05) is 6.92 Å². The molecular weight excluding hydrogens is 241 g/mol. The summed E-state index contributed by atoms with van der Waals surface area (Å²) in [5, 5.41) is 3.00. The summed E-state index contributed by atoms with van der Waals surface area (Å²) < 4.78 is 37.4. The van der Waals surface area contributed by atoms with E-state index < -0.39 is 11.9 Å². The zero-order valence-electron chi connectivity index (χ0n) is 10.9. The van der Waals surface area contributed by atoms with Crippen LogP contribution < -0.4 is 5.32 Å². The van der Waals surface area contributed by atoms with Crippen LogP contribution in [0.3, 0.4) is 0 Å². The maximum absolute atomic E-state index is 12.5. The normalized spacial score (nSPS) is 13.7. The number of rotatable bonds is 5. The third kappa shape index (κ3) is 4.94. The van der Waals surface area contributed by atoms with Gasteiger partial charge in [-0.05, 0) is 37.8 Å². The van der Waals surface area contributed by atoms with Crippen molar-refractivity contribution in [1.29, 1.82) is 0 Å². The second-order valence-electron chi connectivity index (χ2n) is 4.92. The molecule has 2 nitrogen and oxygen atoms in total. The molecule has 0 saturated heterocycles. The smallest absolute Gasteiger partial charge is 0.368 e. The maximum Gasteiger partial charge on any atom is 0.433 e. The Balaban J connectivity index is 2.62. The van der Waals surface area contributed by atoms with Gasteiger partial charge in [0.15, 0.2) is 0 Å². The van der Waals surface area contributed by atoms with Gasteiger partial charge in [-0.3, -0.25) is 0 Å². The van der Waals surface area contributed by atoms with E-state index in [0.717, 1.165) is 18.9 Å². The number of nitrogens with zero attached hydrogens (tertiary/aromatic N) is 1. The van der Waals surface area contributed by atoms with Gasteiger partial charge in [0.2, 0.25) is 0 Å². The minimum atomic E-state index is -4.39. The van der Waals surface area contributed by atoms with Crippen LogP contribution in [-0.4, -0.2) is 11.0 Å². The Bertz CT molecular complexity index is 375. The Hall–Kier alpha value is -1.26. The highest BCUT2D eigenvalue weighted by Crippen LogP contribution is 2.28. The molecule has 0 spiro atoms. The third-order valence-corrected chi connectivity index (χ3v) is 2.61. The van der Waals surface area contributed by atoms with Crippen molar-refractivity contribution in [1.82, 2.24) is 4.98 Å². The molecular formula is C13H19F3N2. The van der Waals surface area contributed by atoms with Gasteiger partial charge in [0.05, 0.1) is 0 Å². The molecule has 1 aromatic heterocycles. The van der Waals surface area contributed by atoms with Crippen molar-refractivity contribution in [3.63, 3.8) is 0 Å². The number of alkyl halides is 3. The molecule has 0 saturated carbocycles. The first-order valence-corrected chi connectivity index (χ1v) is 6.10. The minimum absolute atomic E-state index is 0.114. The van der Waals surface area contributed by atoms with Gasteiger partial charge >= 0.3 is 6.18 Å². The van der Waals surface area contributed by atoms with Gasteiger partial charge in [0.1, 0.15) is 11.5 Å². The lowest BCUT2D eigenvalue weighted by molar-refractivity contribution is -0.141. The molecule has 0 radical (unpaired) electrons. The molecule has 5 heteroatoms. The van der Waals surface area contributed by atoms with Gasteiger partial charge in [-0.1, -0.05) is 19.9 Å². The average molecular weight is 260 g/mol. The highest BCUT2D eigenvalue weighted by molar-refractivity contribution is 5.36. The van der Waals surface area contributed by atoms with Gasteiger partial charge in [0, 0.05) is 6.04 Å². The summed E-state index contributed by atoms with van der Waals surface area (Å²) in [5.41, 5.74) is -0.858. The number of anilines is 1. The maximum atomic E-state index is 12.5. The monoisotopic (exact) mass is 260 g/mol. The van der Waals surface area contributed by atoms with E-state index in [-0.39, 0.29) is 11.9 Å². The number of hydrogen-bond acceptors (Lipinski definition) is 2. The Kier molecular flexibility index (Phi) is 4.99. The van der Waals surface area contributed by atoms with Crippen LogP contribution in [-0.2, 0) is 6.18 Å². The van der Waals surface area contributed by atoms with E-state index >= 15 is 0 Å². The van der Waals surface area contributed by atoms with Gasteiger partial charge in [-0.2, -0.15) is 13.2 Å². The van der Waals surface area contributed by atoms with E-state index in [1.165, 1.54) is 6.07 Å². The molecule has 0 aromatic carbocycles. The first kappa shape index (κ1) is 14.8. The lowest BCUT2D eigenvalue weighted by Gasteiger charge is -2.16. The largest absolute Gasteiger partial charge is 0.433 e. The summed E-state index contributed by atoms with van der Waals surface area (Å²) in [6.45, 7) is 6.19. The summed E-state index contributed by atoms with van der Waals surface area (Å²) >= 11 is 0. The molecule has 0 aliphatic rings. The molecule has 0 amide bonds. The Morgan fingerprint density at radius 1 is 1.17 bits per heavy atom. The topological polar surface area (TPSA) is 24.9 Å². The number of aromatic nitrogens is 1. The molecule has 0 aliphatic carbocycles. The van der Waals surface area contributed by atoms with E-state index in [0.29, 0.717) is 5.92 Å². The second-order valence-corrected chi connectivity index (χ2v) is 4.92. The molecule has 102 valence electrons. The molecule has 0 fully saturated rings. The molecule has 1 rings (SSSR count). The number of nitrogens with one attached hydrogen (secondary N) is 1. The highest BCUT2D eigenvalue weighted by Gasteiger charge is 2.32. The molecule has 0 bridgehead atoms. The van der Waals surface area contributed by atoms with E-state index in [1.54, 1.807) is 6.07 Å². The van der Waals surface area contributed by atoms with E-state index in [4.69, 9.17) is 0 Å². The first-order valence-electron chi connectivity index (χ1n) is 6.10. The van der Waals surface area contributed by atoms with Gasteiger partial charge in [0.25, 0.3) is 0 Å². The Labute approximate surface area is 106 Å². The fraction of sp³-hybridized carbons (Fsp3) is 0.615. The van der Waals surface area contributed by atoms with Crippen LogP contribution in [0.4, 0.5) is 19.0 Å². The molecule has 1 N–H and O–H groups in total. The van der Waals surface area contributed by atoms with Crippen molar-refractivity contribution in [2.45, 2.75) is 45.8 Å². The van der Waals surface area contributed by atoms with Gasteiger partial charge in [-0.25, -0.2) is 4.98 Å². The summed E-state index contributed by atoms with van der Waals surface area (Å²) in [4.78, 5) is 3.57. The lowest BCUT2D eigenvalue weighted by atomic mass is 10.0. The zero-order chi connectivity index (χ0) is 13.8. The van der Waals surface area contributed by atoms with Gasteiger partial charge < -0.3 is 5.32 Å². The highest BCUT2D eigenvalue weighted by atomic mass is 19.4.